The highest BCUT2D eigenvalue weighted by molar-refractivity contribution is 5.93. The maximum atomic E-state index is 12.3. The zero-order valence-electron chi connectivity index (χ0n) is 11.6. The van der Waals surface area contributed by atoms with Crippen LogP contribution in [0.4, 0.5) is 13.2 Å². The van der Waals surface area contributed by atoms with Crippen LogP contribution in [-0.2, 0) is 0 Å². The van der Waals surface area contributed by atoms with Gasteiger partial charge in [-0.25, -0.2) is 0 Å². The number of carbonyl (C=O) groups excluding carboxylic acids is 1. The molecular weight excluding hydrogens is 299 g/mol. The second-order valence-corrected chi connectivity index (χ2v) is 4.78. The normalized spacial score (nSPS) is 13.0. The van der Waals surface area contributed by atoms with Crippen molar-refractivity contribution in [1.82, 2.24) is 15.1 Å². The fourth-order valence-corrected chi connectivity index (χ4v) is 1.84. The first kappa shape index (κ1) is 16.0. The summed E-state index contributed by atoms with van der Waals surface area (Å²) in [5.74, 6) is -0.682. The number of amides is 1. The zero-order chi connectivity index (χ0) is 16.3. The highest BCUT2D eigenvalue weighted by atomic mass is 19.4. The van der Waals surface area contributed by atoms with Gasteiger partial charge in [-0.05, 0) is 6.07 Å². The van der Waals surface area contributed by atoms with Crippen LogP contribution in [0.2, 0.25) is 0 Å². The number of halogens is 3. The lowest BCUT2D eigenvalue weighted by atomic mass is 10.1. The first-order valence-corrected chi connectivity index (χ1v) is 6.40. The Balaban J connectivity index is 2.09. The standard InChI is InChI=1S/C14H14F3N3O2/c1-20(8-12(21)14(15,16)17)13(22)11-7-10(18-19-11)9-5-3-2-4-6-9/h2-7,12,21H,8H2,1H3,(H,18,19). The number of aromatic amines is 1. The van der Waals surface area contributed by atoms with Gasteiger partial charge in [-0.15, -0.1) is 0 Å². The van der Waals surface area contributed by atoms with Gasteiger partial charge in [0, 0.05) is 12.6 Å². The van der Waals surface area contributed by atoms with Crippen LogP contribution in [0.15, 0.2) is 36.4 Å². The third-order valence-electron chi connectivity index (χ3n) is 3.05. The van der Waals surface area contributed by atoms with Gasteiger partial charge in [0.2, 0.25) is 0 Å². The first-order valence-electron chi connectivity index (χ1n) is 6.40. The van der Waals surface area contributed by atoms with Crippen LogP contribution in [0.5, 0.6) is 0 Å². The molecule has 8 heteroatoms. The summed E-state index contributed by atoms with van der Waals surface area (Å²) in [6.45, 7) is -0.845. The van der Waals surface area contributed by atoms with Gasteiger partial charge in [0.1, 0.15) is 5.69 Å². The van der Waals surface area contributed by atoms with Crippen LogP contribution in [-0.4, -0.2) is 52.0 Å². The minimum atomic E-state index is -4.77. The van der Waals surface area contributed by atoms with Crippen molar-refractivity contribution in [3.8, 4) is 11.3 Å². The highest BCUT2D eigenvalue weighted by Gasteiger charge is 2.39. The van der Waals surface area contributed by atoms with Gasteiger partial charge in [0.05, 0.1) is 12.2 Å². The Bertz CT molecular complexity index is 640. The van der Waals surface area contributed by atoms with E-state index in [0.29, 0.717) is 5.69 Å². The molecule has 2 aromatic rings. The van der Waals surface area contributed by atoms with Crippen molar-refractivity contribution in [3.05, 3.63) is 42.1 Å². The van der Waals surface area contributed by atoms with E-state index in [1.807, 2.05) is 6.07 Å². The van der Waals surface area contributed by atoms with Crippen molar-refractivity contribution in [3.63, 3.8) is 0 Å². The third kappa shape index (κ3) is 3.64. The lowest BCUT2D eigenvalue weighted by Gasteiger charge is -2.21. The second kappa shape index (κ2) is 6.18. The van der Waals surface area contributed by atoms with E-state index >= 15 is 0 Å². The fourth-order valence-electron chi connectivity index (χ4n) is 1.84. The van der Waals surface area contributed by atoms with Crippen LogP contribution < -0.4 is 0 Å². The number of likely N-dealkylation sites (N-methyl/N-ethyl adjacent to an activating group) is 1. The Labute approximate surface area is 124 Å². The average molecular weight is 313 g/mol. The number of benzene rings is 1. The summed E-state index contributed by atoms with van der Waals surface area (Å²) in [4.78, 5) is 12.8. The van der Waals surface area contributed by atoms with Crippen LogP contribution in [0.25, 0.3) is 11.3 Å². The van der Waals surface area contributed by atoms with Gasteiger partial charge in [-0.1, -0.05) is 30.3 Å². The molecule has 1 unspecified atom stereocenters. The number of nitrogens with zero attached hydrogens (tertiary/aromatic N) is 2. The van der Waals surface area contributed by atoms with E-state index in [1.54, 1.807) is 24.3 Å². The molecule has 2 N–H and O–H groups in total. The number of hydrogen-bond acceptors (Lipinski definition) is 3. The Hall–Kier alpha value is -2.35. The molecule has 22 heavy (non-hydrogen) atoms. The number of aliphatic hydroxyl groups excluding tert-OH is 1. The van der Waals surface area contributed by atoms with Gasteiger partial charge in [-0.3, -0.25) is 9.89 Å². The molecule has 1 aromatic carbocycles. The molecule has 118 valence electrons. The average Bonchev–Trinajstić information content (AvgIpc) is 2.96. The number of H-pyrrole nitrogens is 1. The Kier molecular flexibility index (Phi) is 4.51. The summed E-state index contributed by atoms with van der Waals surface area (Å²) in [5.41, 5.74) is 1.33. The molecule has 0 radical (unpaired) electrons. The largest absolute Gasteiger partial charge is 0.416 e. The van der Waals surface area contributed by atoms with E-state index in [1.165, 1.54) is 13.1 Å². The molecule has 0 bridgehead atoms. The van der Waals surface area contributed by atoms with Gasteiger partial charge in [0.15, 0.2) is 6.10 Å². The monoisotopic (exact) mass is 313 g/mol. The Morgan fingerprint density at radius 3 is 2.59 bits per heavy atom. The summed E-state index contributed by atoms with van der Waals surface area (Å²) in [6.07, 6.45) is -7.35. The minimum Gasteiger partial charge on any atom is -0.382 e. The van der Waals surface area contributed by atoms with Crippen molar-refractivity contribution in [2.24, 2.45) is 0 Å². The molecule has 5 nitrogen and oxygen atoms in total. The zero-order valence-corrected chi connectivity index (χ0v) is 11.6. The molecule has 1 amide bonds. The molecule has 1 heterocycles. The van der Waals surface area contributed by atoms with E-state index in [4.69, 9.17) is 5.11 Å². The quantitative estimate of drug-likeness (QED) is 0.908. The number of nitrogens with one attached hydrogen (secondary N) is 1. The van der Waals surface area contributed by atoms with E-state index < -0.39 is 24.7 Å². The van der Waals surface area contributed by atoms with Gasteiger partial charge < -0.3 is 10.0 Å². The predicted molar refractivity (Wildman–Crippen MR) is 73.0 cm³/mol. The van der Waals surface area contributed by atoms with Crippen molar-refractivity contribution >= 4 is 5.91 Å². The van der Waals surface area contributed by atoms with Crippen molar-refractivity contribution < 1.29 is 23.1 Å². The van der Waals surface area contributed by atoms with Crippen molar-refractivity contribution in [2.75, 3.05) is 13.6 Å². The lowest BCUT2D eigenvalue weighted by Crippen LogP contribution is -2.41. The number of aliphatic hydroxyl groups is 1. The summed E-state index contributed by atoms with van der Waals surface area (Å²) >= 11 is 0. The smallest absolute Gasteiger partial charge is 0.382 e. The number of hydrogen-bond donors (Lipinski definition) is 2. The van der Waals surface area contributed by atoms with E-state index in [2.05, 4.69) is 10.2 Å². The molecular formula is C14H14F3N3O2. The van der Waals surface area contributed by atoms with Crippen LogP contribution >= 0.6 is 0 Å². The summed E-state index contributed by atoms with van der Waals surface area (Å²) < 4.78 is 36.9. The number of carbonyl (C=O) groups is 1. The maximum Gasteiger partial charge on any atom is 0.416 e. The van der Waals surface area contributed by atoms with E-state index in [-0.39, 0.29) is 5.69 Å². The predicted octanol–water partition coefficient (Wildman–Crippen LogP) is 2.07. The lowest BCUT2D eigenvalue weighted by molar-refractivity contribution is -0.205. The van der Waals surface area contributed by atoms with Crippen LogP contribution in [0.3, 0.4) is 0 Å². The van der Waals surface area contributed by atoms with Crippen LogP contribution in [0, 0.1) is 0 Å². The summed E-state index contributed by atoms with van der Waals surface area (Å²) in [7, 11) is 1.18. The molecule has 0 fully saturated rings. The molecule has 0 aliphatic rings. The Morgan fingerprint density at radius 1 is 1.36 bits per heavy atom. The van der Waals surface area contributed by atoms with Crippen molar-refractivity contribution in [2.45, 2.75) is 12.3 Å². The molecule has 1 atom stereocenters. The van der Waals surface area contributed by atoms with E-state index in [0.717, 1.165) is 10.5 Å². The highest BCUT2D eigenvalue weighted by Crippen LogP contribution is 2.21. The van der Waals surface area contributed by atoms with Gasteiger partial charge in [-0.2, -0.15) is 18.3 Å². The summed E-state index contributed by atoms with van der Waals surface area (Å²) in [6, 6.07) is 10.5. The van der Waals surface area contributed by atoms with Gasteiger partial charge >= 0.3 is 6.18 Å². The molecule has 1 aromatic heterocycles. The molecule has 0 aliphatic carbocycles. The minimum absolute atomic E-state index is 0.0516. The topological polar surface area (TPSA) is 69.2 Å². The number of aromatic nitrogens is 2. The third-order valence-corrected chi connectivity index (χ3v) is 3.05. The van der Waals surface area contributed by atoms with E-state index in [9.17, 15) is 18.0 Å². The fraction of sp³-hybridized carbons (Fsp3) is 0.286. The number of alkyl halides is 3. The van der Waals surface area contributed by atoms with Gasteiger partial charge in [0.25, 0.3) is 5.91 Å². The van der Waals surface area contributed by atoms with Crippen molar-refractivity contribution in [1.29, 1.82) is 0 Å². The number of rotatable bonds is 4. The first-order chi connectivity index (χ1) is 10.3. The molecule has 0 saturated carbocycles. The SMILES string of the molecule is CN(CC(O)C(F)(F)F)C(=O)c1cc(-c2ccccc2)n[nH]1. The summed E-state index contributed by atoms with van der Waals surface area (Å²) in [5, 5.41) is 15.4. The molecule has 0 aliphatic heterocycles. The Morgan fingerprint density at radius 2 is 2.00 bits per heavy atom. The second-order valence-electron chi connectivity index (χ2n) is 4.78. The molecule has 2 rings (SSSR count). The molecule has 0 saturated heterocycles. The van der Waals surface area contributed by atoms with Crippen LogP contribution in [0.1, 0.15) is 10.5 Å². The maximum absolute atomic E-state index is 12.3. The molecule has 0 spiro atoms.